The number of rotatable bonds is 5. The molecule has 0 bridgehead atoms. The van der Waals surface area contributed by atoms with Crippen LogP contribution in [0.5, 0.6) is 0 Å². The number of aromatic nitrogens is 3. The molecule has 0 saturated heterocycles. The predicted molar refractivity (Wildman–Crippen MR) is 84.5 cm³/mol. The Hall–Kier alpha value is -1.69. The molecule has 2 heterocycles. The number of hydrogen-bond donors (Lipinski definition) is 2. The second-order valence-electron chi connectivity index (χ2n) is 5.64. The van der Waals surface area contributed by atoms with Crippen molar-refractivity contribution in [3.63, 3.8) is 0 Å². The van der Waals surface area contributed by atoms with E-state index in [1.54, 1.807) is 11.3 Å². The molecule has 21 heavy (non-hydrogen) atoms. The summed E-state index contributed by atoms with van der Waals surface area (Å²) in [6.07, 6.45) is 0.347. The summed E-state index contributed by atoms with van der Waals surface area (Å²) in [7, 11) is 0. The number of carbonyl (C=O) groups is 1. The maximum Gasteiger partial charge on any atom is 0.225 e. The smallest absolute Gasteiger partial charge is 0.225 e. The quantitative estimate of drug-likeness (QED) is 0.892. The van der Waals surface area contributed by atoms with Crippen LogP contribution >= 0.6 is 11.3 Å². The zero-order valence-corrected chi connectivity index (χ0v) is 14.0. The van der Waals surface area contributed by atoms with Crippen molar-refractivity contribution >= 4 is 17.2 Å². The normalized spacial score (nSPS) is 12.7. The summed E-state index contributed by atoms with van der Waals surface area (Å²) in [5.41, 5.74) is 3.73. The molecule has 0 aliphatic carbocycles. The SMILES string of the molecule is Cc1n[nH]c(C)c1CC(=O)N[C@H](C)c1csc(C(C)C)n1. The van der Waals surface area contributed by atoms with E-state index >= 15 is 0 Å². The summed E-state index contributed by atoms with van der Waals surface area (Å²) in [5.74, 6) is 0.414. The van der Waals surface area contributed by atoms with Gasteiger partial charge >= 0.3 is 0 Å². The van der Waals surface area contributed by atoms with E-state index in [9.17, 15) is 4.79 Å². The average molecular weight is 306 g/mol. The summed E-state index contributed by atoms with van der Waals surface area (Å²) in [5, 5.41) is 13.1. The molecule has 0 unspecified atom stereocenters. The Balaban J connectivity index is 1.98. The van der Waals surface area contributed by atoms with E-state index in [4.69, 9.17) is 0 Å². The van der Waals surface area contributed by atoms with Gasteiger partial charge in [-0.05, 0) is 20.8 Å². The molecule has 0 aliphatic heterocycles. The predicted octanol–water partition coefficient (Wildman–Crippen LogP) is 3.03. The van der Waals surface area contributed by atoms with Gasteiger partial charge in [0.1, 0.15) is 0 Å². The monoisotopic (exact) mass is 306 g/mol. The molecule has 1 amide bonds. The minimum absolute atomic E-state index is 0.00537. The number of aryl methyl sites for hydroxylation is 2. The lowest BCUT2D eigenvalue weighted by Gasteiger charge is -2.12. The number of nitrogens with one attached hydrogen (secondary N) is 2. The van der Waals surface area contributed by atoms with Gasteiger partial charge in [-0.15, -0.1) is 11.3 Å². The number of aromatic amines is 1. The fourth-order valence-electron chi connectivity index (χ4n) is 2.13. The van der Waals surface area contributed by atoms with Crippen LogP contribution in [-0.4, -0.2) is 21.1 Å². The molecule has 2 rings (SSSR count). The van der Waals surface area contributed by atoms with Gasteiger partial charge in [0.05, 0.1) is 28.9 Å². The molecule has 0 aliphatic rings. The van der Waals surface area contributed by atoms with Gasteiger partial charge in [0, 0.05) is 22.6 Å². The van der Waals surface area contributed by atoms with Crippen molar-refractivity contribution in [3.05, 3.63) is 33.0 Å². The number of amides is 1. The van der Waals surface area contributed by atoms with Gasteiger partial charge in [-0.25, -0.2) is 4.98 Å². The third-order valence-electron chi connectivity index (χ3n) is 3.47. The second kappa shape index (κ2) is 6.39. The van der Waals surface area contributed by atoms with Gasteiger partial charge in [0.15, 0.2) is 0 Å². The lowest BCUT2D eigenvalue weighted by molar-refractivity contribution is -0.121. The molecule has 0 radical (unpaired) electrons. The van der Waals surface area contributed by atoms with Crippen LogP contribution in [0.25, 0.3) is 0 Å². The van der Waals surface area contributed by atoms with Crippen molar-refractivity contribution in [2.24, 2.45) is 0 Å². The molecule has 5 nitrogen and oxygen atoms in total. The van der Waals surface area contributed by atoms with Crippen molar-refractivity contribution in [1.29, 1.82) is 0 Å². The molecule has 0 aromatic carbocycles. The zero-order valence-electron chi connectivity index (χ0n) is 13.2. The van der Waals surface area contributed by atoms with Crippen LogP contribution in [0.4, 0.5) is 0 Å². The van der Waals surface area contributed by atoms with Gasteiger partial charge in [-0.3, -0.25) is 9.89 Å². The summed E-state index contributed by atoms with van der Waals surface area (Å²) in [4.78, 5) is 16.7. The Labute approximate surface area is 129 Å². The molecule has 0 spiro atoms. The highest BCUT2D eigenvalue weighted by molar-refractivity contribution is 7.09. The second-order valence-corrected chi connectivity index (χ2v) is 6.53. The third-order valence-corrected chi connectivity index (χ3v) is 4.64. The first kappa shape index (κ1) is 15.7. The fourth-order valence-corrected chi connectivity index (χ4v) is 3.05. The highest BCUT2D eigenvalue weighted by atomic mass is 32.1. The first-order valence-corrected chi connectivity index (χ1v) is 8.01. The standard InChI is InChI=1S/C15H22N4OS/c1-8(2)15-17-13(7-21-15)11(5)16-14(20)6-12-9(3)18-19-10(12)4/h7-8,11H,6H2,1-5H3,(H,16,20)(H,18,19)/t11-/m1/s1. The van der Waals surface area contributed by atoms with Crippen molar-refractivity contribution < 1.29 is 4.79 Å². The third kappa shape index (κ3) is 3.69. The van der Waals surface area contributed by atoms with Gasteiger partial charge < -0.3 is 5.32 Å². The molecule has 0 saturated carbocycles. The topological polar surface area (TPSA) is 70.7 Å². The maximum atomic E-state index is 12.2. The number of H-pyrrole nitrogens is 1. The number of hydrogen-bond acceptors (Lipinski definition) is 4. The summed E-state index contributed by atoms with van der Waals surface area (Å²) < 4.78 is 0. The Morgan fingerprint density at radius 3 is 2.62 bits per heavy atom. The van der Waals surface area contributed by atoms with Crippen LogP contribution in [0, 0.1) is 13.8 Å². The van der Waals surface area contributed by atoms with Crippen LogP contribution < -0.4 is 5.32 Å². The number of nitrogens with zero attached hydrogens (tertiary/aromatic N) is 2. The molecule has 2 N–H and O–H groups in total. The molecule has 0 fully saturated rings. The van der Waals surface area contributed by atoms with Gasteiger partial charge in [0.25, 0.3) is 0 Å². The van der Waals surface area contributed by atoms with Crippen LogP contribution in [0.15, 0.2) is 5.38 Å². The molecular weight excluding hydrogens is 284 g/mol. The Morgan fingerprint density at radius 1 is 1.38 bits per heavy atom. The lowest BCUT2D eigenvalue weighted by Crippen LogP contribution is -2.28. The highest BCUT2D eigenvalue weighted by Gasteiger charge is 2.16. The lowest BCUT2D eigenvalue weighted by atomic mass is 10.1. The van der Waals surface area contributed by atoms with Crippen LogP contribution in [0.1, 0.15) is 60.4 Å². The Morgan fingerprint density at radius 2 is 2.10 bits per heavy atom. The molecule has 2 aromatic rings. The van der Waals surface area contributed by atoms with E-state index in [0.29, 0.717) is 12.3 Å². The largest absolute Gasteiger partial charge is 0.348 e. The minimum atomic E-state index is -0.0752. The summed E-state index contributed by atoms with van der Waals surface area (Å²) in [6, 6.07) is -0.0752. The molecule has 6 heteroatoms. The van der Waals surface area contributed by atoms with Crippen molar-refractivity contribution in [2.75, 3.05) is 0 Å². The minimum Gasteiger partial charge on any atom is -0.348 e. The first-order valence-electron chi connectivity index (χ1n) is 7.13. The molecule has 1 atom stereocenters. The van der Waals surface area contributed by atoms with E-state index < -0.39 is 0 Å². The van der Waals surface area contributed by atoms with Gasteiger partial charge in [0.2, 0.25) is 5.91 Å². The van der Waals surface area contributed by atoms with Crippen molar-refractivity contribution in [2.45, 2.75) is 53.0 Å². The Kier molecular flexibility index (Phi) is 4.77. The molecule has 2 aromatic heterocycles. The van der Waals surface area contributed by atoms with Crippen LogP contribution in [-0.2, 0) is 11.2 Å². The fraction of sp³-hybridized carbons (Fsp3) is 0.533. The van der Waals surface area contributed by atoms with E-state index in [-0.39, 0.29) is 11.9 Å². The average Bonchev–Trinajstić information content (AvgIpc) is 3.01. The van der Waals surface area contributed by atoms with Crippen molar-refractivity contribution in [1.82, 2.24) is 20.5 Å². The van der Waals surface area contributed by atoms with Crippen LogP contribution in [0.3, 0.4) is 0 Å². The van der Waals surface area contributed by atoms with Crippen molar-refractivity contribution in [3.8, 4) is 0 Å². The first-order chi connectivity index (χ1) is 9.88. The van der Waals surface area contributed by atoms with Gasteiger partial charge in [-0.1, -0.05) is 13.8 Å². The molecular formula is C15H22N4OS. The number of carbonyl (C=O) groups excluding carboxylic acids is 1. The Bertz CT molecular complexity index is 610. The van der Waals surface area contributed by atoms with E-state index in [1.807, 2.05) is 26.2 Å². The summed E-state index contributed by atoms with van der Waals surface area (Å²) >= 11 is 1.65. The van der Waals surface area contributed by atoms with Crippen LogP contribution in [0.2, 0.25) is 0 Å². The highest BCUT2D eigenvalue weighted by Crippen LogP contribution is 2.22. The molecule has 114 valence electrons. The number of thiazole rings is 1. The summed E-state index contributed by atoms with van der Waals surface area (Å²) in [6.45, 7) is 10.0. The van der Waals surface area contributed by atoms with E-state index in [2.05, 4.69) is 34.3 Å². The maximum absolute atomic E-state index is 12.2. The van der Waals surface area contributed by atoms with E-state index in [0.717, 1.165) is 27.7 Å². The zero-order chi connectivity index (χ0) is 15.6. The van der Waals surface area contributed by atoms with E-state index in [1.165, 1.54) is 0 Å². The van der Waals surface area contributed by atoms with Gasteiger partial charge in [-0.2, -0.15) is 5.10 Å².